The minimum Gasteiger partial charge on any atom is -0.385 e. The molecule has 5 heteroatoms. The third kappa shape index (κ3) is 15.7. The van der Waals surface area contributed by atoms with Crippen LogP contribution in [0.5, 0.6) is 0 Å². The summed E-state index contributed by atoms with van der Waals surface area (Å²) in [6.07, 6.45) is 0.955. The number of hydrogen-bond acceptors (Lipinski definition) is 5. The molecule has 10 heavy (non-hydrogen) atoms. The Bertz CT molecular complexity index is 39.9. The topological polar surface area (TPSA) is 93.5 Å². The van der Waals surface area contributed by atoms with E-state index in [1.54, 1.807) is 7.11 Å². The van der Waals surface area contributed by atoms with Crippen molar-refractivity contribution in [2.24, 2.45) is 11.7 Å². The van der Waals surface area contributed by atoms with Gasteiger partial charge in [0.25, 0.3) is 0 Å². The van der Waals surface area contributed by atoms with Gasteiger partial charge in [0.15, 0.2) is 0 Å². The van der Waals surface area contributed by atoms with Gasteiger partial charge in [0.05, 0.1) is 6.73 Å². The highest BCUT2D eigenvalue weighted by Gasteiger charge is 1.81. The standard InChI is InChI=1S/C5H13NO2.H4N2/c1-8-4-2-3-6-5-7;1-2/h6-7H,2-5H2,1H3;1-2H2. The van der Waals surface area contributed by atoms with Gasteiger partial charge in [-0.25, -0.2) is 0 Å². The highest BCUT2D eigenvalue weighted by Crippen LogP contribution is 1.74. The molecule has 6 N–H and O–H groups in total. The van der Waals surface area contributed by atoms with Crippen molar-refractivity contribution in [3.63, 3.8) is 0 Å². The Morgan fingerprint density at radius 1 is 1.50 bits per heavy atom. The first-order valence-corrected chi connectivity index (χ1v) is 3.05. The van der Waals surface area contributed by atoms with Crippen molar-refractivity contribution in [1.82, 2.24) is 5.32 Å². The number of hydrazine groups is 1. The van der Waals surface area contributed by atoms with Gasteiger partial charge in [-0.05, 0) is 13.0 Å². The summed E-state index contributed by atoms with van der Waals surface area (Å²) in [7, 11) is 1.67. The van der Waals surface area contributed by atoms with Gasteiger partial charge in [0, 0.05) is 13.7 Å². The average molecular weight is 151 g/mol. The summed E-state index contributed by atoms with van der Waals surface area (Å²) in [5.41, 5.74) is 0. The van der Waals surface area contributed by atoms with E-state index in [0.29, 0.717) is 0 Å². The molecule has 0 unspecified atom stereocenters. The molecule has 64 valence electrons. The molecule has 0 aromatic carbocycles. The maximum atomic E-state index is 8.21. The Morgan fingerprint density at radius 2 is 2.10 bits per heavy atom. The lowest BCUT2D eigenvalue weighted by molar-refractivity contribution is 0.188. The summed E-state index contributed by atoms with van der Waals surface area (Å²) < 4.78 is 4.77. The average Bonchev–Trinajstić information content (AvgIpc) is 2.02. The molecular weight excluding hydrogens is 134 g/mol. The van der Waals surface area contributed by atoms with E-state index in [4.69, 9.17) is 9.84 Å². The van der Waals surface area contributed by atoms with E-state index in [9.17, 15) is 0 Å². The van der Waals surface area contributed by atoms with E-state index in [1.807, 2.05) is 0 Å². The lowest BCUT2D eigenvalue weighted by Gasteiger charge is -1.97. The minimum atomic E-state index is 0.0592. The van der Waals surface area contributed by atoms with Gasteiger partial charge in [-0.3, -0.25) is 17.0 Å². The van der Waals surface area contributed by atoms with E-state index in [2.05, 4.69) is 17.0 Å². The Balaban J connectivity index is 0. The molecule has 5 nitrogen and oxygen atoms in total. The molecule has 0 aromatic heterocycles. The lowest BCUT2D eigenvalue weighted by Crippen LogP contribution is -2.17. The zero-order valence-electron chi connectivity index (χ0n) is 6.34. The maximum Gasteiger partial charge on any atom is 0.0931 e. The first-order valence-electron chi connectivity index (χ1n) is 3.05. The molecule has 0 aliphatic rings. The van der Waals surface area contributed by atoms with E-state index in [1.165, 1.54) is 0 Å². The van der Waals surface area contributed by atoms with Crippen LogP contribution in [-0.2, 0) is 4.74 Å². The van der Waals surface area contributed by atoms with E-state index < -0.39 is 0 Å². The van der Waals surface area contributed by atoms with Crippen molar-refractivity contribution < 1.29 is 9.84 Å². The predicted octanol–water partition coefficient (Wildman–Crippen LogP) is -1.62. The SMILES string of the molecule is COCCCNCO.NN. The van der Waals surface area contributed by atoms with Crippen molar-refractivity contribution in [2.75, 3.05) is 27.0 Å². The molecule has 0 aliphatic carbocycles. The molecule has 0 radical (unpaired) electrons. The van der Waals surface area contributed by atoms with E-state index in [-0.39, 0.29) is 6.73 Å². The van der Waals surface area contributed by atoms with Gasteiger partial charge in [0.1, 0.15) is 0 Å². The number of rotatable bonds is 5. The molecule has 0 aromatic rings. The van der Waals surface area contributed by atoms with Crippen LogP contribution in [0, 0.1) is 0 Å². The number of nitrogens with one attached hydrogen (secondary N) is 1. The van der Waals surface area contributed by atoms with Crippen LogP contribution in [0.1, 0.15) is 6.42 Å². The number of nitrogens with two attached hydrogens (primary N) is 2. The smallest absolute Gasteiger partial charge is 0.0931 e. The van der Waals surface area contributed by atoms with Gasteiger partial charge >= 0.3 is 0 Å². The van der Waals surface area contributed by atoms with Crippen molar-refractivity contribution in [1.29, 1.82) is 0 Å². The molecule has 0 bridgehead atoms. The van der Waals surface area contributed by atoms with Gasteiger partial charge in [-0.1, -0.05) is 0 Å². The normalized spacial score (nSPS) is 8.40. The number of aliphatic hydroxyl groups is 1. The molecule has 0 saturated heterocycles. The quantitative estimate of drug-likeness (QED) is 0.164. The molecule has 0 rings (SSSR count). The van der Waals surface area contributed by atoms with E-state index >= 15 is 0 Å². The van der Waals surface area contributed by atoms with Gasteiger partial charge < -0.3 is 9.84 Å². The summed E-state index contributed by atoms with van der Waals surface area (Å²) in [4.78, 5) is 0. The molecule has 0 atom stereocenters. The summed E-state index contributed by atoms with van der Waals surface area (Å²) in [5.74, 6) is 8.00. The van der Waals surface area contributed by atoms with Crippen LogP contribution in [0.4, 0.5) is 0 Å². The molecule has 0 aliphatic heterocycles. The van der Waals surface area contributed by atoms with Crippen LogP contribution in [0.15, 0.2) is 0 Å². The first-order chi connectivity index (χ1) is 4.91. The third-order valence-electron chi connectivity index (χ3n) is 0.814. The van der Waals surface area contributed by atoms with Crippen molar-refractivity contribution in [3.8, 4) is 0 Å². The van der Waals surface area contributed by atoms with Crippen molar-refractivity contribution >= 4 is 0 Å². The second kappa shape index (κ2) is 15.9. The molecule has 0 fully saturated rings. The van der Waals surface area contributed by atoms with Crippen LogP contribution >= 0.6 is 0 Å². The summed E-state index contributed by atoms with van der Waals surface area (Å²) in [5, 5.41) is 11.0. The number of hydrogen-bond donors (Lipinski definition) is 4. The van der Waals surface area contributed by atoms with Crippen LogP contribution in [0.3, 0.4) is 0 Å². The summed E-state index contributed by atoms with van der Waals surface area (Å²) in [6, 6.07) is 0. The lowest BCUT2D eigenvalue weighted by atomic mass is 10.4. The molecule has 0 heterocycles. The highest BCUT2D eigenvalue weighted by atomic mass is 16.5. The fourth-order valence-corrected chi connectivity index (χ4v) is 0.421. The number of aliphatic hydroxyl groups excluding tert-OH is 1. The van der Waals surface area contributed by atoms with Crippen molar-refractivity contribution in [2.45, 2.75) is 6.42 Å². The maximum absolute atomic E-state index is 8.21. The Hall–Kier alpha value is -0.200. The Labute approximate surface area is 61.3 Å². The Kier molecular flexibility index (Phi) is 19.9. The molecule has 0 amide bonds. The second-order valence-electron chi connectivity index (χ2n) is 1.50. The first kappa shape index (κ1) is 12.5. The van der Waals surface area contributed by atoms with Crippen LogP contribution in [0.25, 0.3) is 0 Å². The zero-order chi connectivity index (χ0) is 8.24. The van der Waals surface area contributed by atoms with Gasteiger partial charge in [-0.15, -0.1) is 0 Å². The van der Waals surface area contributed by atoms with Crippen LogP contribution in [0.2, 0.25) is 0 Å². The highest BCUT2D eigenvalue weighted by molar-refractivity contribution is 4.38. The zero-order valence-corrected chi connectivity index (χ0v) is 6.34. The van der Waals surface area contributed by atoms with Gasteiger partial charge in [0.2, 0.25) is 0 Å². The number of ether oxygens (including phenoxy) is 1. The fraction of sp³-hybridized carbons (Fsp3) is 1.00. The van der Waals surface area contributed by atoms with Gasteiger partial charge in [-0.2, -0.15) is 0 Å². The molecular formula is C5H17N3O2. The second-order valence-corrected chi connectivity index (χ2v) is 1.50. The Morgan fingerprint density at radius 3 is 2.50 bits per heavy atom. The van der Waals surface area contributed by atoms with Crippen LogP contribution in [-0.4, -0.2) is 32.1 Å². The molecule has 0 saturated carbocycles. The van der Waals surface area contributed by atoms with E-state index in [0.717, 1.165) is 19.6 Å². The largest absolute Gasteiger partial charge is 0.385 e. The predicted molar refractivity (Wildman–Crippen MR) is 40.0 cm³/mol. The minimum absolute atomic E-state index is 0.0592. The summed E-state index contributed by atoms with van der Waals surface area (Å²) in [6.45, 7) is 1.64. The van der Waals surface area contributed by atoms with Crippen LogP contribution < -0.4 is 17.0 Å². The monoisotopic (exact) mass is 151 g/mol. The summed E-state index contributed by atoms with van der Waals surface area (Å²) >= 11 is 0. The fourth-order valence-electron chi connectivity index (χ4n) is 0.421. The van der Waals surface area contributed by atoms with Crippen molar-refractivity contribution in [3.05, 3.63) is 0 Å². The number of methoxy groups -OCH3 is 1. The third-order valence-corrected chi connectivity index (χ3v) is 0.814. The molecule has 0 spiro atoms.